The first-order valence-electron chi connectivity index (χ1n) is 10.2. The van der Waals surface area contributed by atoms with Crippen molar-refractivity contribution in [3.05, 3.63) is 0 Å². The molecule has 0 amide bonds. The van der Waals surface area contributed by atoms with Gasteiger partial charge in [0, 0.05) is 12.3 Å². The summed E-state index contributed by atoms with van der Waals surface area (Å²) in [6.07, 6.45) is 8.99. The third-order valence-electron chi connectivity index (χ3n) is 9.28. The second kappa shape index (κ2) is 5.75. The van der Waals surface area contributed by atoms with Crippen LogP contribution in [0.5, 0.6) is 0 Å². The molecule has 4 heteroatoms. The Morgan fingerprint density at radius 1 is 1.08 bits per heavy atom. The molecule has 0 spiro atoms. The van der Waals surface area contributed by atoms with Gasteiger partial charge < -0.3 is 9.59 Å². The van der Waals surface area contributed by atoms with Crippen LogP contribution >= 0.6 is 0 Å². The molecular weight excluding hydrogens is 326 g/mol. The van der Waals surface area contributed by atoms with E-state index in [2.05, 4.69) is 19.9 Å². The number of nitrogens with zero attached hydrogens (tertiary/aromatic N) is 1. The maximum Gasteiger partial charge on any atom is 0.144 e. The Morgan fingerprint density at radius 2 is 1.85 bits per heavy atom. The van der Waals surface area contributed by atoms with Crippen LogP contribution < -0.4 is 0 Å². The fourth-order valence-corrected chi connectivity index (χ4v) is 7.87. The lowest BCUT2D eigenvalue weighted by molar-refractivity contribution is -0.181. The first kappa shape index (κ1) is 17.9. The molecule has 0 aromatic heterocycles. The van der Waals surface area contributed by atoms with Gasteiger partial charge in [0.05, 0.1) is 17.4 Å². The van der Waals surface area contributed by atoms with Crippen molar-refractivity contribution < 1.29 is 14.4 Å². The molecule has 26 heavy (non-hydrogen) atoms. The van der Waals surface area contributed by atoms with E-state index in [1.165, 1.54) is 19.3 Å². The van der Waals surface area contributed by atoms with Crippen molar-refractivity contribution in [2.24, 2.45) is 45.8 Å². The van der Waals surface area contributed by atoms with E-state index in [0.29, 0.717) is 42.8 Å². The number of hydrogen-bond donors (Lipinski definition) is 0. The zero-order chi connectivity index (χ0) is 18.7. The Morgan fingerprint density at radius 3 is 2.50 bits per heavy atom. The van der Waals surface area contributed by atoms with Gasteiger partial charge in [-0.1, -0.05) is 20.3 Å². The molecule has 0 saturated heterocycles. The van der Waals surface area contributed by atoms with E-state index in [9.17, 15) is 19.6 Å². The average molecular weight is 355 g/mol. The van der Waals surface area contributed by atoms with Gasteiger partial charge in [-0.15, -0.1) is 0 Å². The van der Waals surface area contributed by atoms with Crippen LogP contribution in [0.4, 0.5) is 0 Å². The molecule has 4 saturated carbocycles. The third-order valence-corrected chi connectivity index (χ3v) is 9.28. The van der Waals surface area contributed by atoms with E-state index in [1.807, 2.05) is 0 Å². The van der Waals surface area contributed by atoms with Gasteiger partial charge >= 0.3 is 0 Å². The molecule has 4 aliphatic carbocycles. The van der Waals surface area contributed by atoms with Gasteiger partial charge in [-0.2, -0.15) is 5.26 Å². The SMILES string of the molecule is C[C@@]12CCC[C@H]1[C@@H]1C(C=O)CC3(C#N)C(C=O)C(=O)CC[C@]3(C)[C@@H]1CC2. The van der Waals surface area contributed by atoms with Crippen molar-refractivity contribution in [1.29, 1.82) is 5.26 Å². The molecule has 0 bridgehead atoms. The topological polar surface area (TPSA) is 75.0 Å². The number of carbonyl (C=O) groups is 3. The summed E-state index contributed by atoms with van der Waals surface area (Å²) in [6, 6.07) is 2.45. The van der Waals surface area contributed by atoms with Gasteiger partial charge in [0.25, 0.3) is 0 Å². The predicted octanol–water partition coefficient (Wildman–Crippen LogP) is 3.73. The molecule has 0 N–H and O–H groups in total. The van der Waals surface area contributed by atoms with E-state index < -0.39 is 11.3 Å². The Labute approximate surface area is 155 Å². The Bertz CT molecular complexity index is 696. The van der Waals surface area contributed by atoms with Gasteiger partial charge in [0.2, 0.25) is 0 Å². The lowest BCUT2D eigenvalue weighted by Crippen LogP contribution is -2.64. The molecular formula is C22H29NO3. The Hall–Kier alpha value is -1.50. The second-order valence-electron chi connectivity index (χ2n) is 9.96. The highest BCUT2D eigenvalue weighted by Gasteiger charge is 2.69. The quantitative estimate of drug-likeness (QED) is 0.559. The van der Waals surface area contributed by atoms with Crippen LogP contribution in [0.1, 0.15) is 65.2 Å². The van der Waals surface area contributed by atoms with Crippen LogP contribution in [0, 0.1) is 57.2 Å². The molecule has 0 heterocycles. The second-order valence-corrected chi connectivity index (χ2v) is 9.96. The number of nitriles is 1. The summed E-state index contributed by atoms with van der Waals surface area (Å²) in [7, 11) is 0. The predicted molar refractivity (Wildman–Crippen MR) is 95.8 cm³/mol. The van der Waals surface area contributed by atoms with E-state index in [4.69, 9.17) is 0 Å². The molecule has 0 radical (unpaired) electrons. The largest absolute Gasteiger partial charge is 0.303 e. The third kappa shape index (κ3) is 1.98. The minimum absolute atomic E-state index is 0.108. The zero-order valence-corrected chi connectivity index (χ0v) is 15.9. The molecule has 3 unspecified atom stereocenters. The molecule has 0 aromatic carbocycles. The molecule has 8 atom stereocenters. The Kier molecular flexibility index (Phi) is 3.95. The summed E-state index contributed by atoms with van der Waals surface area (Å²) in [5.74, 6) is -0.0743. The summed E-state index contributed by atoms with van der Waals surface area (Å²) in [5.41, 5.74) is -1.04. The maximum atomic E-state index is 12.5. The van der Waals surface area contributed by atoms with Crippen molar-refractivity contribution in [3.63, 3.8) is 0 Å². The summed E-state index contributed by atoms with van der Waals surface area (Å²) in [5, 5.41) is 10.2. The fraction of sp³-hybridized carbons (Fsp3) is 0.818. The number of hydrogen-bond acceptors (Lipinski definition) is 4. The van der Waals surface area contributed by atoms with Crippen LogP contribution in [0.15, 0.2) is 0 Å². The fourth-order valence-electron chi connectivity index (χ4n) is 7.87. The molecule has 0 aromatic rings. The monoisotopic (exact) mass is 355 g/mol. The van der Waals surface area contributed by atoms with Gasteiger partial charge in [0.15, 0.2) is 0 Å². The number of ketones is 1. The van der Waals surface area contributed by atoms with Crippen LogP contribution in [-0.2, 0) is 14.4 Å². The van der Waals surface area contributed by atoms with Crippen LogP contribution in [-0.4, -0.2) is 18.4 Å². The van der Waals surface area contributed by atoms with Crippen molar-refractivity contribution in [1.82, 2.24) is 0 Å². The van der Waals surface area contributed by atoms with Crippen molar-refractivity contribution >= 4 is 18.4 Å². The first-order valence-corrected chi connectivity index (χ1v) is 10.2. The van der Waals surface area contributed by atoms with Gasteiger partial charge in [-0.25, -0.2) is 0 Å². The van der Waals surface area contributed by atoms with E-state index in [-0.39, 0.29) is 23.0 Å². The molecule has 0 aliphatic heterocycles. The van der Waals surface area contributed by atoms with Gasteiger partial charge in [0.1, 0.15) is 18.4 Å². The summed E-state index contributed by atoms with van der Waals surface area (Å²) >= 11 is 0. The first-order chi connectivity index (χ1) is 12.4. The van der Waals surface area contributed by atoms with Crippen LogP contribution in [0.3, 0.4) is 0 Å². The van der Waals surface area contributed by atoms with Gasteiger partial charge in [-0.3, -0.25) is 4.79 Å². The molecule has 4 aliphatic rings. The highest BCUT2D eigenvalue weighted by molar-refractivity contribution is 5.96. The summed E-state index contributed by atoms with van der Waals surface area (Å²) < 4.78 is 0. The van der Waals surface area contributed by atoms with E-state index in [0.717, 1.165) is 19.1 Å². The summed E-state index contributed by atoms with van der Waals surface area (Å²) in [6.45, 7) is 4.53. The number of rotatable bonds is 2. The van der Waals surface area contributed by atoms with Crippen molar-refractivity contribution in [2.45, 2.75) is 65.2 Å². The Balaban J connectivity index is 1.85. The lowest BCUT2D eigenvalue weighted by atomic mass is 9.37. The van der Waals surface area contributed by atoms with Crippen molar-refractivity contribution in [2.75, 3.05) is 0 Å². The standard InChI is InChI=1S/C22H29NO3/c1-20-7-3-4-15(20)19-14(11-24)10-22(13-23)17(12-25)18(26)6-9-21(22,2)16(19)5-8-20/h11-12,14-17,19H,3-10H2,1-2H3/t14?,15-,16+,17?,19-,20-,21+,22?/m0/s1. The number of carbonyl (C=O) groups excluding carboxylic acids is 3. The molecule has 4 rings (SSSR count). The van der Waals surface area contributed by atoms with Crippen molar-refractivity contribution in [3.8, 4) is 6.07 Å². The van der Waals surface area contributed by atoms with E-state index >= 15 is 0 Å². The van der Waals surface area contributed by atoms with Crippen LogP contribution in [0.2, 0.25) is 0 Å². The smallest absolute Gasteiger partial charge is 0.144 e. The molecule has 4 nitrogen and oxygen atoms in total. The number of Topliss-reactive ketones (excluding diaryl/α,β-unsaturated/α-hetero) is 1. The average Bonchev–Trinajstić information content (AvgIpc) is 3.03. The molecule has 140 valence electrons. The number of fused-ring (bicyclic) bond motifs is 5. The zero-order valence-electron chi connectivity index (χ0n) is 15.9. The highest BCUT2D eigenvalue weighted by Crippen LogP contribution is 2.71. The summed E-state index contributed by atoms with van der Waals surface area (Å²) in [4.78, 5) is 36.5. The minimum atomic E-state index is -1.01. The van der Waals surface area contributed by atoms with E-state index in [1.54, 1.807) is 0 Å². The highest BCUT2D eigenvalue weighted by atomic mass is 16.1. The normalized spacial score (nSPS) is 53.0. The van der Waals surface area contributed by atoms with Gasteiger partial charge in [-0.05, 0) is 67.1 Å². The van der Waals surface area contributed by atoms with Crippen LogP contribution in [0.25, 0.3) is 0 Å². The number of aldehydes is 2. The minimum Gasteiger partial charge on any atom is -0.303 e. The molecule has 4 fully saturated rings. The lowest BCUT2D eigenvalue weighted by Gasteiger charge is -2.65. The maximum absolute atomic E-state index is 12.5.